The first-order chi connectivity index (χ1) is 13.9. The average molecular weight is 416 g/mol. The largest absolute Gasteiger partial charge is 0.509 e. The molecule has 1 amide bonds. The number of carbonyl (C=O) groups excluding carboxylic acids is 1. The van der Waals surface area contributed by atoms with Crippen molar-refractivity contribution < 1.29 is 19.0 Å². The van der Waals surface area contributed by atoms with Crippen molar-refractivity contribution >= 4 is 23.1 Å². The molecule has 0 atom stereocenters. The van der Waals surface area contributed by atoms with Crippen molar-refractivity contribution in [1.29, 1.82) is 0 Å². The molecule has 1 aliphatic heterocycles. The minimum absolute atomic E-state index is 0.00678. The van der Waals surface area contributed by atoms with E-state index in [1.807, 2.05) is 6.07 Å². The zero-order chi connectivity index (χ0) is 20.8. The fourth-order valence-corrected chi connectivity index (χ4v) is 4.96. The van der Waals surface area contributed by atoms with Crippen LogP contribution in [-0.4, -0.2) is 29.8 Å². The Labute approximate surface area is 174 Å². The molecule has 29 heavy (non-hydrogen) atoms. The molecule has 152 valence electrons. The van der Waals surface area contributed by atoms with Gasteiger partial charge in [-0.05, 0) is 49.8 Å². The van der Waals surface area contributed by atoms with Gasteiger partial charge in [0, 0.05) is 18.2 Å². The lowest BCUT2D eigenvalue weighted by atomic mass is 9.79. The van der Waals surface area contributed by atoms with E-state index in [0.717, 1.165) is 12.8 Å². The molecule has 0 radical (unpaired) electrons. The summed E-state index contributed by atoms with van der Waals surface area (Å²) in [6.45, 7) is 1.69. The van der Waals surface area contributed by atoms with Crippen LogP contribution in [0.5, 0.6) is 0 Å². The summed E-state index contributed by atoms with van der Waals surface area (Å²) in [6.07, 6.45) is 2.75. The van der Waals surface area contributed by atoms with Gasteiger partial charge in [-0.3, -0.25) is 4.79 Å². The summed E-state index contributed by atoms with van der Waals surface area (Å²) in [5, 5.41) is 14.2. The molecule has 1 aliphatic carbocycles. The summed E-state index contributed by atoms with van der Waals surface area (Å²) in [5.74, 6) is -0.849. The third-order valence-corrected chi connectivity index (χ3v) is 6.50. The van der Waals surface area contributed by atoms with Gasteiger partial charge in [-0.25, -0.2) is 4.39 Å². The van der Waals surface area contributed by atoms with Gasteiger partial charge in [0.05, 0.1) is 22.2 Å². The lowest BCUT2D eigenvalue weighted by Crippen LogP contribution is -2.48. The summed E-state index contributed by atoms with van der Waals surface area (Å²) in [6, 6.07) is 10.3. The van der Waals surface area contributed by atoms with E-state index in [2.05, 4.69) is 5.32 Å². The minimum Gasteiger partial charge on any atom is -0.509 e. The molecule has 0 bridgehead atoms. The van der Waals surface area contributed by atoms with Gasteiger partial charge >= 0.3 is 0 Å². The maximum Gasteiger partial charge on any atom is 0.256 e. The molecule has 2 aromatic carbocycles. The fourth-order valence-electron chi connectivity index (χ4n) is 4.51. The predicted octanol–water partition coefficient (Wildman–Crippen LogP) is 5.18. The second-order valence-electron chi connectivity index (χ2n) is 7.80. The topological polar surface area (TPSA) is 58.6 Å². The highest BCUT2D eigenvalue weighted by Gasteiger charge is 2.48. The van der Waals surface area contributed by atoms with Crippen LogP contribution in [0, 0.1) is 12.7 Å². The number of benzene rings is 2. The van der Waals surface area contributed by atoms with Crippen LogP contribution in [0.25, 0.3) is 16.7 Å². The van der Waals surface area contributed by atoms with Crippen LogP contribution in [0.2, 0.25) is 5.02 Å². The van der Waals surface area contributed by atoms with Crippen LogP contribution < -0.4 is 5.32 Å². The van der Waals surface area contributed by atoms with Gasteiger partial charge in [-0.15, -0.1) is 0 Å². The molecule has 2 aromatic rings. The van der Waals surface area contributed by atoms with Crippen molar-refractivity contribution in [3.63, 3.8) is 0 Å². The van der Waals surface area contributed by atoms with Crippen LogP contribution in [-0.2, 0) is 9.53 Å². The summed E-state index contributed by atoms with van der Waals surface area (Å²) >= 11 is 6.65. The predicted molar refractivity (Wildman–Crippen MR) is 111 cm³/mol. The van der Waals surface area contributed by atoms with Gasteiger partial charge in [0.2, 0.25) is 0 Å². The monoisotopic (exact) mass is 415 g/mol. The van der Waals surface area contributed by atoms with E-state index < -0.39 is 11.4 Å². The summed E-state index contributed by atoms with van der Waals surface area (Å²) in [5.41, 5.74) is 1.06. The number of hydrogen-bond donors (Lipinski definition) is 2. The van der Waals surface area contributed by atoms with Crippen molar-refractivity contribution in [2.24, 2.45) is 0 Å². The smallest absolute Gasteiger partial charge is 0.256 e. The highest BCUT2D eigenvalue weighted by molar-refractivity contribution is 6.38. The molecule has 4 rings (SSSR count). The number of nitrogens with one attached hydrogen (secondary N) is 1. The molecule has 1 saturated carbocycles. The second-order valence-corrected chi connectivity index (χ2v) is 8.18. The quantitative estimate of drug-likeness (QED) is 0.726. The molecular weight excluding hydrogens is 393 g/mol. The van der Waals surface area contributed by atoms with E-state index in [-0.39, 0.29) is 33.9 Å². The molecule has 0 aromatic heterocycles. The van der Waals surface area contributed by atoms with E-state index in [4.69, 9.17) is 16.3 Å². The first kappa shape index (κ1) is 19.9. The number of halogens is 2. The van der Waals surface area contributed by atoms with E-state index in [0.29, 0.717) is 29.5 Å². The Kier molecular flexibility index (Phi) is 5.13. The maximum atomic E-state index is 14.8. The van der Waals surface area contributed by atoms with Crippen LogP contribution in [0.3, 0.4) is 0 Å². The second kappa shape index (κ2) is 7.47. The van der Waals surface area contributed by atoms with Gasteiger partial charge in [-0.1, -0.05) is 41.9 Å². The van der Waals surface area contributed by atoms with Crippen LogP contribution >= 0.6 is 11.6 Å². The van der Waals surface area contributed by atoms with E-state index in [1.165, 1.54) is 6.07 Å². The third kappa shape index (κ3) is 3.22. The Morgan fingerprint density at radius 2 is 1.86 bits per heavy atom. The molecule has 1 fully saturated rings. The molecule has 6 heteroatoms. The van der Waals surface area contributed by atoms with Gasteiger partial charge in [0.1, 0.15) is 11.6 Å². The SMILES string of the molecule is COC1CCC2(CC1)NC(=O)C(c1c(C)cc(F)c(-c3ccccc3)c1Cl)=C2O. The van der Waals surface area contributed by atoms with Gasteiger partial charge < -0.3 is 15.2 Å². The van der Waals surface area contributed by atoms with Gasteiger partial charge in [0.25, 0.3) is 5.91 Å². The molecule has 4 nitrogen and oxygen atoms in total. The number of methoxy groups -OCH3 is 1. The van der Waals surface area contributed by atoms with Crippen LogP contribution in [0.4, 0.5) is 4.39 Å². The molecular formula is C23H23ClFNO3. The molecule has 2 N–H and O–H groups in total. The molecule has 2 aliphatic rings. The van der Waals surface area contributed by atoms with Crippen molar-refractivity contribution in [2.45, 2.75) is 44.2 Å². The van der Waals surface area contributed by atoms with Crippen molar-refractivity contribution in [2.75, 3.05) is 7.11 Å². The van der Waals surface area contributed by atoms with Crippen molar-refractivity contribution in [1.82, 2.24) is 5.32 Å². The van der Waals surface area contributed by atoms with E-state index >= 15 is 0 Å². The number of aliphatic hydroxyl groups excluding tert-OH is 1. The number of aryl methyl sites for hydroxylation is 1. The number of ether oxygens (including phenoxy) is 1. The van der Waals surface area contributed by atoms with Crippen LogP contribution in [0.15, 0.2) is 42.2 Å². The zero-order valence-corrected chi connectivity index (χ0v) is 17.1. The average Bonchev–Trinajstić information content (AvgIpc) is 2.93. The highest BCUT2D eigenvalue weighted by Crippen LogP contribution is 2.46. The molecule has 0 saturated heterocycles. The minimum atomic E-state index is -0.807. The number of hydrogen-bond acceptors (Lipinski definition) is 3. The lowest BCUT2D eigenvalue weighted by molar-refractivity contribution is -0.116. The van der Waals surface area contributed by atoms with Crippen molar-refractivity contribution in [3.8, 4) is 11.1 Å². The normalized spacial score (nSPS) is 24.3. The fraction of sp³-hybridized carbons (Fsp3) is 0.348. The maximum absolute atomic E-state index is 14.8. The number of carbonyl (C=O) groups is 1. The van der Waals surface area contributed by atoms with E-state index in [9.17, 15) is 14.3 Å². The molecule has 1 heterocycles. The first-order valence-electron chi connectivity index (χ1n) is 9.71. The Balaban J connectivity index is 1.85. The van der Waals surface area contributed by atoms with Crippen molar-refractivity contribution in [3.05, 3.63) is 64.1 Å². The number of amides is 1. The Bertz CT molecular complexity index is 995. The molecule has 0 unspecified atom stereocenters. The summed E-state index contributed by atoms with van der Waals surface area (Å²) < 4.78 is 20.2. The Morgan fingerprint density at radius 3 is 2.48 bits per heavy atom. The van der Waals surface area contributed by atoms with Gasteiger partial charge in [0.15, 0.2) is 0 Å². The van der Waals surface area contributed by atoms with Crippen LogP contribution in [0.1, 0.15) is 36.8 Å². The Morgan fingerprint density at radius 1 is 1.21 bits per heavy atom. The lowest BCUT2D eigenvalue weighted by Gasteiger charge is -2.36. The van der Waals surface area contributed by atoms with Gasteiger partial charge in [-0.2, -0.15) is 0 Å². The zero-order valence-electron chi connectivity index (χ0n) is 16.4. The van der Waals surface area contributed by atoms with E-state index in [1.54, 1.807) is 38.3 Å². The number of rotatable bonds is 3. The first-order valence-corrected chi connectivity index (χ1v) is 10.1. The molecule has 1 spiro atoms. The standard InChI is InChI=1S/C23H23ClFNO3/c1-13-12-16(25)18(14-6-4-3-5-7-14)20(24)17(13)19-21(27)23(26-22(19)28)10-8-15(29-2)9-11-23/h3-7,12,15,27H,8-11H2,1-2H3,(H,26,28). The third-order valence-electron chi connectivity index (χ3n) is 6.12. The number of aliphatic hydroxyl groups is 1. The Hall–Kier alpha value is -2.37. The summed E-state index contributed by atoms with van der Waals surface area (Å²) in [7, 11) is 1.67. The summed E-state index contributed by atoms with van der Waals surface area (Å²) in [4.78, 5) is 12.9. The highest BCUT2D eigenvalue weighted by atomic mass is 35.5.